The van der Waals surface area contributed by atoms with Crippen molar-refractivity contribution in [3.8, 4) is 23.0 Å². The number of rotatable bonds is 6. The fourth-order valence-corrected chi connectivity index (χ4v) is 7.20. The van der Waals surface area contributed by atoms with Crippen molar-refractivity contribution in [1.29, 1.82) is 0 Å². The first-order valence-corrected chi connectivity index (χ1v) is 15.1. The summed E-state index contributed by atoms with van der Waals surface area (Å²) in [6.07, 6.45) is 1.53. The molecule has 0 saturated heterocycles. The fourth-order valence-electron chi connectivity index (χ4n) is 5.64. The van der Waals surface area contributed by atoms with E-state index in [-0.39, 0.29) is 6.42 Å². The van der Waals surface area contributed by atoms with Crippen molar-refractivity contribution in [2.45, 2.75) is 38.1 Å². The van der Waals surface area contributed by atoms with Crippen LogP contribution in [0.4, 0.5) is 22.7 Å². The lowest BCUT2D eigenvalue weighted by atomic mass is 10.0. The van der Waals surface area contributed by atoms with Gasteiger partial charge in [-0.3, -0.25) is 14.4 Å². The molecule has 2 aliphatic rings. The van der Waals surface area contributed by atoms with Crippen LogP contribution in [0.2, 0.25) is 0 Å². The van der Waals surface area contributed by atoms with Gasteiger partial charge in [-0.05, 0) is 60.5 Å². The molecule has 7 nitrogen and oxygen atoms in total. The molecular weight excluding hydrogens is 580 g/mol. The molecule has 4 aromatic carbocycles. The Balaban J connectivity index is 1.76. The molecule has 2 aliphatic heterocycles. The summed E-state index contributed by atoms with van der Waals surface area (Å²) in [6, 6.07) is 25.7. The van der Waals surface area contributed by atoms with E-state index in [9.17, 15) is 13.0 Å². The van der Waals surface area contributed by atoms with Gasteiger partial charge in [0.2, 0.25) is 0 Å². The lowest BCUT2D eigenvalue weighted by molar-refractivity contribution is 0.393. The smallest absolute Gasteiger partial charge is 0.309 e. The summed E-state index contributed by atoms with van der Waals surface area (Å²) in [7, 11) is -4.87. The van der Waals surface area contributed by atoms with Crippen LogP contribution >= 0.6 is 15.9 Å². The Morgan fingerprint density at radius 2 is 1.36 bits per heavy atom. The van der Waals surface area contributed by atoms with Crippen molar-refractivity contribution < 1.29 is 22.4 Å². The monoisotopic (exact) mass is 606 g/mol. The van der Waals surface area contributed by atoms with Crippen LogP contribution in [0.1, 0.15) is 32.3 Å². The van der Waals surface area contributed by atoms with E-state index in [1.165, 1.54) is 0 Å². The zero-order valence-corrected chi connectivity index (χ0v) is 23.9. The number of ether oxygens (including phenoxy) is 2. The lowest BCUT2D eigenvalue weighted by Gasteiger charge is -2.52. The molecular formula is C30H27BrN2O5S. The zero-order chi connectivity index (χ0) is 27.4. The van der Waals surface area contributed by atoms with Crippen molar-refractivity contribution in [2.24, 2.45) is 0 Å². The molecule has 0 amide bonds. The van der Waals surface area contributed by atoms with Gasteiger partial charge in [0, 0.05) is 10.9 Å². The average Bonchev–Trinajstić information content (AvgIpc) is 2.92. The molecule has 0 spiro atoms. The van der Waals surface area contributed by atoms with Gasteiger partial charge in [0.25, 0.3) is 4.99 Å². The highest BCUT2D eigenvalue weighted by Gasteiger charge is 2.58. The largest absolute Gasteiger partial charge is 0.453 e. The second-order valence-electron chi connectivity index (χ2n) is 9.51. The summed E-state index contributed by atoms with van der Waals surface area (Å²) >= 11 is 3.55. The highest BCUT2D eigenvalue weighted by molar-refractivity contribution is 9.10. The molecule has 1 unspecified atom stereocenters. The van der Waals surface area contributed by atoms with Gasteiger partial charge in [-0.25, -0.2) is 0 Å². The van der Waals surface area contributed by atoms with Crippen LogP contribution in [-0.4, -0.2) is 18.0 Å². The molecule has 1 atom stereocenters. The molecule has 9 heteroatoms. The number of anilines is 4. The Labute approximate surface area is 236 Å². The SMILES string of the molecule is CCCc1cccc2c1N(C(CC)(N1c3ccccc3Oc3ccc(Br)cc31)S(=O)(=O)O)c1ccccc1O2. The number of para-hydroxylation sites is 5. The fraction of sp³-hybridized carbons (Fsp3) is 0.200. The first kappa shape index (κ1) is 25.7. The van der Waals surface area contributed by atoms with E-state index in [0.717, 1.165) is 16.5 Å². The van der Waals surface area contributed by atoms with Crippen LogP contribution in [0.3, 0.4) is 0 Å². The van der Waals surface area contributed by atoms with Gasteiger partial charge < -0.3 is 9.47 Å². The number of hydrogen-bond donors (Lipinski definition) is 1. The minimum Gasteiger partial charge on any atom is -0.453 e. The first-order valence-electron chi connectivity index (χ1n) is 12.8. The third-order valence-electron chi connectivity index (χ3n) is 7.21. The highest BCUT2D eigenvalue weighted by atomic mass is 79.9. The number of hydrogen-bond acceptors (Lipinski definition) is 6. The maximum Gasteiger partial charge on any atom is 0.309 e. The van der Waals surface area contributed by atoms with Crippen LogP contribution in [0.5, 0.6) is 23.0 Å². The van der Waals surface area contributed by atoms with Gasteiger partial charge in [-0.15, -0.1) is 0 Å². The molecule has 0 aliphatic carbocycles. The summed E-state index contributed by atoms with van der Waals surface area (Å²) in [5.41, 5.74) is 3.08. The molecule has 0 aromatic heterocycles. The van der Waals surface area contributed by atoms with Crippen molar-refractivity contribution in [1.82, 2.24) is 0 Å². The van der Waals surface area contributed by atoms with Crippen LogP contribution < -0.4 is 19.3 Å². The minimum absolute atomic E-state index is 0.000352. The Bertz CT molecular complexity index is 1690. The Kier molecular flexibility index (Phi) is 6.32. The number of halogens is 1. The van der Waals surface area contributed by atoms with Crippen molar-refractivity contribution in [3.63, 3.8) is 0 Å². The predicted octanol–water partition coefficient (Wildman–Crippen LogP) is 8.54. The van der Waals surface area contributed by atoms with E-state index in [1.54, 1.807) is 41.0 Å². The van der Waals surface area contributed by atoms with Crippen LogP contribution in [0.15, 0.2) is 89.4 Å². The van der Waals surface area contributed by atoms with E-state index in [1.807, 2.05) is 60.7 Å². The molecule has 4 aromatic rings. The average molecular weight is 608 g/mol. The molecule has 0 bridgehead atoms. The molecule has 1 N–H and O–H groups in total. The summed E-state index contributed by atoms with van der Waals surface area (Å²) in [6.45, 7) is 3.84. The third-order valence-corrected chi connectivity index (χ3v) is 9.19. The summed E-state index contributed by atoms with van der Waals surface area (Å²) in [5, 5.41) is 0. The topological polar surface area (TPSA) is 79.3 Å². The molecule has 0 fully saturated rings. The van der Waals surface area contributed by atoms with E-state index < -0.39 is 15.1 Å². The molecule has 200 valence electrons. The summed E-state index contributed by atoms with van der Waals surface area (Å²) < 4.78 is 52.8. The number of nitrogens with zero attached hydrogens (tertiary/aromatic N) is 2. The molecule has 2 heterocycles. The first-order chi connectivity index (χ1) is 18.8. The van der Waals surface area contributed by atoms with E-state index in [0.29, 0.717) is 52.2 Å². The van der Waals surface area contributed by atoms with E-state index >= 15 is 0 Å². The lowest BCUT2D eigenvalue weighted by Crippen LogP contribution is -2.63. The van der Waals surface area contributed by atoms with Crippen molar-refractivity contribution in [2.75, 3.05) is 9.80 Å². The normalized spacial score (nSPS) is 15.2. The van der Waals surface area contributed by atoms with Crippen LogP contribution in [0, 0.1) is 0 Å². The Hall–Kier alpha value is -3.53. The molecule has 6 rings (SSSR count). The van der Waals surface area contributed by atoms with Crippen molar-refractivity contribution in [3.05, 3.63) is 95.0 Å². The third kappa shape index (κ3) is 3.91. The van der Waals surface area contributed by atoms with Gasteiger partial charge in [0.05, 0.1) is 22.7 Å². The standard InChI is InChI=1S/C30H27BrN2O5S/c1-3-10-20-11-9-16-28-29(20)33(23-13-6-8-15-26(23)38-28)30(4-2,39(34,35)36)32-22-12-5-7-14-25(22)37-27-18-17-21(31)19-24(27)32/h5-9,11-19H,3-4,10H2,1-2H3,(H,34,35,36). The van der Waals surface area contributed by atoms with Gasteiger partial charge in [-0.1, -0.05) is 72.6 Å². The van der Waals surface area contributed by atoms with E-state index in [4.69, 9.17) is 9.47 Å². The van der Waals surface area contributed by atoms with Gasteiger partial charge in [0.1, 0.15) is 0 Å². The van der Waals surface area contributed by atoms with Crippen molar-refractivity contribution >= 4 is 48.8 Å². The number of fused-ring (bicyclic) bond motifs is 4. The van der Waals surface area contributed by atoms with Gasteiger partial charge >= 0.3 is 10.1 Å². The Morgan fingerprint density at radius 1 is 0.769 bits per heavy atom. The second-order valence-corrected chi connectivity index (χ2v) is 12.0. The summed E-state index contributed by atoms with van der Waals surface area (Å²) in [4.78, 5) is 1.42. The quantitative estimate of drug-likeness (QED) is 0.220. The predicted molar refractivity (Wildman–Crippen MR) is 156 cm³/mol. The van der Waals surface area contributed by atoms with Gasteiger partial charge in [0.15, 0.2) is 23.0 Å². The number of aryl methyl sites for hydroxylation is 1. The second kappa shape index (κ2) is 9.59. The molecule has 0 saturated carbocycles. The van der Waals surface area contributed by atoms with Crippen LogP contribution in [-0.2, 0) is 16.5 Å². The van der Waals surface area contributed by atoms with E-state index in [2.05, 4.69) is 22.9 Å². The maximum atomic E-state index is 14.1. The maximum absolute atomic E-state index is 14.1. The minimum atomic E-state index is -4.87. The zero-order valence-electron chi connectivity index (χ0n) is 21.5. The van der Waals surface area contributed by atoms with Gasteiger partial charge in [-0.2, -0.15) is 8.42 Å². The van der Waals surface area contributed by atoms with Crippen LogP contribution in [0.25, 0.3) is 0 Å². The molecule has 39 heavy (non-hydrogen) atoms. The number of benzene rings is 4. The highest BCUT2D eigenvalue weighted by Crippen LogP contribution is 2.59. The molecule has 0 radical (unpaired) electrons. The summed E-state index contributed by atoms with van der Waals surface area (Å²) in [5.74, 6) is 1.98. The Morgan fingerprint density at radius 3 is 2.00 bits per heavy atom.